The highest BCUT2D eigenvalue weighted by molar-refractivity contribution is 5.18. The molecule has 1 N–H and O–H groups in total. The van der Waals surface area contributed by atoms with Crippen molar-refractivity contribution in [3.8, 4) is 0 Å². The summed E-state index contributed by atoms with van der Waals surface area (Å²) >= 11 is 0. The Morgan fingerprint density at radius 2 is 2.50 bits per heavy atom. The first-order valence-electron chi connectivity index (χ1n) is 2.59. The summed E-state index contributed by atoms with van der Waals surface area (Å²) in [5.74, 6) is 0. The maximum absolute atomic E-state index is 8.79. The molecule has 1 rings (SSSR count). The van der Waals surface area contributed by atoms with Gasteiger partial charge in [0, 0.05) is 6.20 Å². The Balaban J connectivity index is 2.63. The molecule has 44 valence electrons. The van der Waals surface area contributed by atoms with Crippen LogP contribution in [0.4, 0.5) is 0 Å². The zero-order valence-electron chi connectivity index (χ0n) is 4.83. The molecule has 0 saturated heterocycles. The number of rotatable bonds is 0. The van der Waals surface area contributed by atoms with E-state index in [1.54, 1.807) is 6.20 Å². The summed E-state index contributed by atoms with van der Waals surface area (Å²) in [5.41, 5.74) is 1.08. The zero-order chi connectivity index (χ0) is 5.98. The first kappa shape index (κ1) is 5.38. The molecule has 2 heteroatoms. The van der Waals surface area contributed by atoms with E-state index in [9.17, 15) is 0 Å². The van der Waals surface area contributed by atoms with Crippen LogP contribution in [0, 0.1) is 0 Å². The predicted octanol–water partition coefficient (Wildman–Crippen LogP) is 1.15. The molecule has 0 atom stereocenters. The maximum Gasteiger partial charge on any atom is 0.0630 e. The molecule has 0 unspecified atom stereocenters. The standard InChI is InChI=1S/C6H9NO/c1-6-3-2-4-7(8)5-6/h2-3,5,8H,4H2,1H3. The average Bonchev–Trinajstić information content (AvgIpc) is 1.64. The molecular weight excluding hydrogens is 102 g/mol. The Bertz CT molecular complexity index is 137. The Hall–Kier alpha value is -0.760. The SMILES string of the molecule is CC1=CN(O)CC=C1. The van der Waals surface area contributed by atoms with Gasteiger partial charge in [-0.1, -0.05) is 12.2 Å². The van der Waals surface area contributed by atoms with Gasteiger partial charge in [-0.25, -0.2) is 0 Å². The van der Waals surface area contributed by atoms with E-state index in [-0.39, 0.29) is 0 Å². The second-order valence-electron chi connectivity index (χ2n) is 1.90. The molecule has 0 saturated carbocycles. The van der Waals surface area contributed by atoms with Crippen molar-refractivity contribution < 1.29 is 5.21 Å². The van der Waals surface area contributed by atoms with Crippen LogP contribution < -0.4 is 0 Å². The van der Waals surface area contributed by atoms with Gasteiger partial charge >= 0.3 is 0 Å². The topological polar surface area (TPSA) is 23.5 Å². The molecule has 0 spiro atoms. The van der Waals surface area contributed by atoms with Crippen molar-refractivity contribution in [2.45, 2.75) is 6.92 Å². The minimum Gasteiger partial charge on any atom is -0.289 e. The number of hydrogen-bond acceptors (Lipinski definition) is 2. The summed E-state index contributed by atoms with van der Waals surface area (Å²) in [6.07, 6.45) is 5.59. The van der Waals surface area contributed by atoms with Crippen LogP contribution in [0.25, 0.3) is 0 Å². The molecule has 1 aliphatic rings. The Labute approximate surface area is 48.7 Å². The van der Waals surface area contributed by atoms with Crippen LogP contribution in [0.15, 0.2) is 23.9 Å². The smallest absolute Gasteiger partial charge is 0.0630 e. The first-order valence-corrected chi connectivity index (χ1v) is 2.59. The largest absolute Gasteiger partial charge is 0.289 e. The van der Waals surface area contributed by atoms with Gasteiger partial charge in [0.2, 0.25) is 0 Å². The summed E-state index contributed by atoms with van der Waals surface area (Å²) in [6, 6.07) is 0. The fourth-order valence-corrected chi connectivity index (χ4v) is 0.677. The fourth-order valence-electron chi connectivity index (χ4n) is 0.677. The van der Waals surface area contributed by atoms with Crippen LogP contribution >= 0.6 is 0 Å². The van der Waals surface area contributed by atoms with Gasteiger partial charge in [0.1, 0.15) is 0 Å². The maximum atomic E-state index is 8.79. The van der Waals surface area contributed by atoms with Crippen LogP contribution in [0.3, 0.4) is 0 Å². The third-order valence-electron chi connectivity index (χ3n) is 1.03. The fraction of sp³-hybridized carbons (Fsp3) is 0.333. The van der Waals surface area contributed by atoms with E-state index in [2.05, 4.69) is 0 Å². The van der Waals surface area contributed by atoms with Crippen LogP contribution in [-0.4, -0.2) is 16.8 Å². The van der Waals surface area contributed by atoms with Gasteiger partial charge in [0.15, 0.2) is 0 Å². The molecule has 8 heavy (non-hydrogen) atoms. The number of hydroxylamine groups is 2. The molecule has 0 bridgehead atoms. The molecule has 1 aliphatic heterocycles. The second kappa shape index (κ2) is 2.01. The first-order chi connectivity index (χ1) is 3.79. The van der Waals surface area contributed by atoms with Gasteiger partial charge in [-0.3, -0.25) is 10.3 Å². The van der Waals surface area contributed by atoms with Crippen molar-refractivity contribution in [1.82, 2.24) is 5.06 Å². The predicted molar refractivity (Wildman–Crippen MR) is 31.4 cm³/mol. The van der Waals surface area contributed by atoms with Crippen LogP contribution in [0.2, 0.25) is 0 Å². The molecule has 1 heterocycles. The van der Waals surface area contributed by atoms with Crippen LogP contribution in [0.5, 0.6) is 0 Å². The van der Waals surface area contributed by atoms with Crippen molar-refractivity contribution >= 4 is 0 Å². The normalized spacial score (nSPS) is 18.8. The lowest BCUT2D eigenvalue weighted by atomic mass is 10.2. The molecule has 0 aliphatic carbocycles. The van der Waals surface area contributed by atoms with Crippen LogP contribution in [0.1, 0.15) is 6.92 Å². The quantitative estimate of drug-likeness (QED) is 0.507. The van der Waals surface area contributed by atoms with Gasteiger partial charge in [-0.05, 0) is 12.5 Å². The lowest BCUT2D eigenvalue weighted by Crippen LogP contribution is -2.13. The number of hydrogen-bond donors (Lipinski definition) is 1. The lowest BCUT2D eigenvalue weighted by molar-refractivity contribution is -0.0310. The molecule has 2 nitrogen and oxygen atoms in total. The lowest BCUT2D eigenvalue weighted by Gasteiger charge is -2.12. The molecule has 0 aromatic heterocycles. The van der Waals surface area contributed by atoms with Crippen molar-refractivity contribution in [3.63, 3.8) is 0 Å². The summed E-state index contributed by atoms with van der Waals surface area (Å²) in [7, 11) is 0. The minimum absolute atomic E-state index is 0.608. The van der Waals surface area contributed by atoms with Gasteiger partial charge in [-0.2, -0.15) is 0 Å². The van der Waals surface area contributed by atoms with E-state index in [4.69, 9.17) is 5.21 Å². The van der Waals surface area contributed by atoms with E-state index in [0.717, 1.165) is 10.6 Å². The van der Waals surface area contributed by atoms with Crippen molar-refractivity contribution in [2.24, 2.45) is 0 Å². The summed E-state index contributed by atoms with van der Waals surface area (Å²) in [5, 5.41) is 9.95. The second-order valence-corrected chi connectivity index (χ2v) is 1.90. The molecule has 0 aromatic rings. The van der Waals surface area contributed by atoms with Gasteiger partial charge in [0.25, 0.3) is 0 Å². The van der Waals surface area contributed by atoms with E-state index in [0.29, 0.717) is 6.54 Å². The monoisotopic (exact) mass is 111 g/mol. The van der Waals surface area contributed by atoms with Gasteiger partial charge < -0.3 is 0 Å². The summed E-state index contributed by atoms with van der Waals surface area (Å²) in [4.78, 5) is 0. The van der Waals surface area contributed by atoms with Gasteiger partial charge in [0.05, 0.1) is 6.54 Å². The Morgan fingerprint density at radius 1 is 1.75 bits per heavy atom. The molecule has 0 fully saturated rings. The zero-order valence-corrected chi connectivity index (χ0v) is 4.83. The molecule has 0 aromatic carbocycles. The highest BCUT2D eigenvalue weighted by atomic mass is 16.5. The molecule has 0 amide bonds. The van der Waals surface area contributed by atoms with Crippen molar-refractivity contribution in [1.29, 1.82) is 0 Å². The summed E-state index contributed by atoms with van der Waals surface area (Å²) in [6.45, 7) is 2.55. The van der Waals surface area contributed by atoms with E-state index in [1.807, 2.05) is 19.1 Å². The number of nitrogens with zero attached hydrogens (tertiary/aromatic N) is 1. The summed E-state index contributed by atoms with van der Waals surface area (Å²) < 4.78 is 0. The highest BCUT2D eigenvalue weighted by Gasteiger charge is 1.94. The van der Waals surface area contributed by atoms with Gasteiger partial charge in [-0.15, -0.1) is 0 Å². The van der Waals surface area contributed by atoms with E-state index < -0.39 is 0 Å². The van der Waals surface area contributed by atoms with Crippen molar-refractivity contribution in [2.75, 3.05) is 6.54 Å². The van der Waals surface area contributed by atoms with E-state index >= 15 is 0 Å². The number of allylic oxidation sites excluding steroid dienone is 2. The highest BCUT2D eigenvalue weighted by Crippen LogP contribution is 2.02. The third-order valence-corrected chi connectivity index (χ3v) is 1.03. The van der Waals surface area contributed by atoms with Crippen LogP contribution in [-0.2, 0) is 0 Å². The molecule has 0 radical (unpaired) electrons. The van der Waals surface area contributed by atoms with Crippen molar-refractivity contribution in [3.05, 3.63) is 23.9 Å². The minimum atomic E-state index is 0.608. The van der Waals surface area contributed by atoms with E-state index in [1.165, 1.54) is 0 Å². The third kappa shape index (κ3) is 1.10. The Morgan fingerprint density at radius 3 is 2.88 bits per heavy atom. The Kier molecular flexibility index (Phi) is 1.35. The average molecular weight is 111 g/mol. The molecular formula is C6H9NO.